The summed E-state index contributed by atoms with van der Waals surface area (Å²) in [6.45, 7) is 1.84. The maximum Gasteiger partial charge on any atom is 0.344 e. The van der Waals surface area contributed by atoms with Gasteiger partial charge >= 0.3 is 5.97 Å². The molecular weight excluding hydrogens is 370 g/mol. The van der Waals surface area contributed by atoms with Gasteiger partial charge in [-0.05, 0) is 43.3 Å². The first-order valence-corrected chi connectivity index (χ1v) is 9.29. The Morgan fingerprint density at radius 3 is 2.44 bits per heavy atom. The molecule has 0 saturated carbocycles. The lowest BCUT2D eigenvalue weighted by Crippen LogP contribution is -2.17. The molecule has 0 fully saturated rings. The summed E-state index contributed by atoms with van der Waals surface area (Å²) in [5.41, 5.74) is 6.97. The topological polar surface area (TPSA) is 114 Å². The number of benzene rings is 2. The molecule has 3 aromatic rings. The Bertz CT molecular complexity index is 1090. The molecular formula is C18H17N3O5S. The van der Waals surface area contributed by atoms with Crippen molar-refractivity contribution >= 4 is 21.8 Å². The van der Waals surface area contributed by atoms with E-state index in [0.29, 0.717) is 15.4 Å². The first-order valence-electron chi connectivity index (χ1n) is 7.85. The smallest absolute Gasteiger partial charge is 0.344 e. The molecule has 2 N–H and O–H groups in total. The van der Waals surface area contributed by atoms with Gasteiger partial charge in [-0.15, -0.1) is 9.19 Å². The lowest BCUT2D eigenvalue weighted by molar-refractivity contribution is 0.0727. The average molecular weight is 387 g/mol. The molecule has 0 aliphatic heterocycles. The van der Waals surface area contributed by atoms with Crippen LogP contribution in [0.5, 0.6) is 11.6 Å². The molecule has 1 aromatic heterocycles. The second-order valence-electron chi connectivity index (χ2n) is 5.69. The summed E-state index contributed by atoms with van der Waals surface area (Å²) in [5, 5.41) is 3.82. The fourth-order valence-corrected chi connectivity index (χ4v) is 3.57. The number of nitrogens with two attached hydrogens (primary N) is 1. The zero-order chi connectivity index (χ0) is 19.6. The number of hydrogen-bond acceptors (Lipinski definition) is 7. The highest BCUT2D eigenvalue weighted by Gasteiger charge is 2.23. The average Bonchev–Trinajstić information content (AvgIpc) is 3.02. The lowest BCUT2D eigenvalue weighted by atomic mass is 10.1. The van der Waals surface area contributed by atoms with Crippen molar-refractivity contribution in [3.05, 3.63) is 65.7 Å². The van der Waals surface area contributed by atoms with E-state index in [-0.39, 0.29) is 16.6 Å². The maximum absolute atomic E-state index is 12.7. The Kier molecular flexibility index (Phi) is 4.87. The quantitative estimate of drug-likeness (QED) is 0.668. The number of carbonyl (C=O) groups excluding carboxylic acids is 1. The number of rotatable bonds is 5. The van der Waals surface area contributed by atoms with E-state index in [9.17, 15) is 13.2 Å². The molecule has 0 saturated heterocycles. The molecule has 0 atom stereocenters. The van der Waals surface area contributed by atoms with Gasteiger partial charge in [-0.3, -0.25) is 0 Å². The summed E-state index contributed by atoms with van der Waals surface area (Å²) in [7, 11) is -2.57. The SMILES string of the molecule is COc1ccc(S(=O)(=O)n2nc(OC(=O)c3cccc(C)c3)cc2N)cc1. The molecule has 8 nitrogen and oxygen atoms in total. The van der Waals surface area contributed by atoms with Crippen LogP contribution in [0, 0.1) is 6.92 Å². The summed E-state index contributed by atoms with van der Waals surface area (Å²) in [6.07, 6.45) is 0. The van der Waals surface area contributed by atoms with E-state index >= 15 is 0 Å². The van der Waals surface area contributed by atoms with Gasteiger partial charge in [-0.1, -0.05) is 17.7 Å². The Balaban J connectivity index is 1.88. The monoisotopic (exact) mass is 387 g/mol. The van der Waals surface area contributed by atoms with E-state index in [2.05, 4.69) is 5.10 Å². The van der Waals surface area contributed by atoms with Gasteiger partial charge in [0.15, 0.2) is 0 Å². The van der Waals surface area contributed by atoms with Crippen LogP contribution in [0.2, 0.25) is 0 Å². The van der Waals surface area contributed by atoms with Crippen LogP contribution < -0.4 is 15.2 Å². The highest BCUT2D eigenvalue weighted by molar-refractivity contribution is 7.90. The molecule has 0 aliphatic rings. The third-order valence-electron chi connectivity index (χ3n) is 3.72. The third-order valence-corrected chi connectivity index (χ3v) is 5.33. The van der Waals surface area contributed by atoms with Crippen LogP contribution in [-0.2, 0) is 10.0 Å². The van der Waals surface area contributed by atoms with Crippen molar-refractivity contribution in [2.24, 2.45) is 0 Å². The predicted octanol–water partition coefficient (Wildman–Crippen LogP) is 2.24. The minimum atomic E-state index is -4.05. The molecule has 9 heteroatoms. The number of esters is 1. The molecule has 140 valence electrons. The summed E-state index contributed by atoms with van der Waals surface area (Å²) >= 11 is 0. The molecule has 1 heterocycles. The number of ether oxygens (including phenoxy) is 2. The zero-order valence-electron chi connectivity index (χ0n) is 14.6. The van der Waals surface area contributed by atoms with Gasteiger partial charge in [0.1, 0.15) is 11.6 Å². The van der Waals surface area contributed by atoms with Crippen LogP contribution in [0.4, 0.5) is 5.82 Å². The number of aryl methyl sites for hydroxylation is 1. The summed E-state index contributed by atoms with van der Waals surface area (Å²) in [6, 6.07) is 13.7. The Morgan fingerprint density at radius 2 is 1.81 bits per heavy atom. The van der Waals surface area contributed by atoms with E-state index in [1.54, 1.807) is 18.2 Å². The number of methoxy groups -OCH3 is 1. The number of anilines is 1. The predicted molar refractivity (Wildman–Crippen MR) is 98.4 cm³/mol. The highest BCUT2D eigenvalue weighted by Crippen LogP contribution is 2.23. The first kappa shape index (κ1) is 18.5. The van der Waals surface area contributed by atoms with E-state index in [1.807, 2.05) is 13.0 Å². The molecule has 0 radical (unpaired) electrons. The largest absolute Gasteiger partial charge is 0.497 e. The van der Waals surface area contributed by atoms with Gasteiger partial charge in [0.25, 0.3) is 10.0 Å². The second kappa shape index (κ2) is 7.12. The van der Waals surface area contributed by atoms with Crippen LogP contribution in [0.15, 0.2) is 59.5 Å². The van der Waals surface area contributed by atoms with Crippen molar-refractivity contribution in [2.45, 2.75) is 11.8 Å². The summed E-state index contributed by atoms with van der Waals surface area (Å²) in [4.78, 5) is 12.2. The van der Waals surface area contributed by atoms with Gasteiger partial charge in [0.05, 0.1) is 17.6 Å². The molecule has 27 heavy (non-hydrogen) atoms. The van der Waals surface area contributed by atoms with Gasteiger partial charge in [-0.25, -0.2) is 4.79 Å². The third kappa shape index (κ3) is 3.77. The number of carbonyl (C=O) groups is 1. The van der Waals surface area contributed by atoms with Crippen LogP contribution in [0.1, 0.15) is 15.9 Å². The van der Waals surface area contributed by atoms with E-state index in [4.69, 9.17) is 15.2 Å². The van der Waals surface area contributed by atoms with Crippen molar-refractivity contribution in [1.82, 2.24) is 9.19 Å². The van der Waals surface area contributed by atoms with Crippen LogP contribution in [0.25, 0.3) is 0 Å². The van der Waals surface area contributed by atoms with Crippen molar-refractivity contribution in [3.63, 3.8) is 0 Å². The Morgan fingerprint density at radius 1 is 1.11 bits per heavy atom. The van der Waals surface area contributed by atoms with Crippen LogP contribution >= 0.6 is 0 Å². The standard InChI is InChI=1S/C18H17N3O5S/c1-12-4-3-5-13(10-12)18(22)26-17-11-16(19)21(20-17)27(23,24)15-8-6-14(25-2)7-9-15/h3-11H,19H2,1-2H3. The normalized spacial score (nSPS) is 11.2. The van der Waals surface area contributed by atoms with E-state index in [1.165, 1.54) is 37.4 Å². The Hall–Kier alpha value is -3.33. The second-order valence-corrected chi connectivity index (χ2v) is 7.46. The molecule has 0 bridgehead atoms. The Labute approximate surface area is 156 Å². The van der Waals surface area contributed by atoms with Crippen LogP contribution in [0.3, 0.4) is 0 Å². The molecule has 0 aliphatic carbocycles. The molecule has 0 amide bonds. The van der Waals surface area contributed by atoms with Crippen LogP contribution in [-0.4, -0.2) is 30.7 Å². The highest BCUT2D eigenvalue weighted by atomic mass is 32.2. The molecule has 2 aromatic carbocycles. The summed E-state index contributed by atoms with van der Waals surface area (Å²) < 4.78 is 36.2. The number of nitrogen functional groups attached to an aromatic ring is 1. The van der Waals surface area contributed by atoms with E-state index in [0.717, 1.165) is 5.56 Å². The zero-order valence-corrected chi connectivity index (χ0v) is 15.4. The van der Waals surface area contributed by atoms with Crippen molar-refractivity contribution in [2.75, 3.05) is 12.8 Å². The number of aromatic nitrogens is 2. The van der Waals surface area contributed by atoms with Gasteiger partial charge < -0.3 is 15.2 Å². The summed E-state index contributed by atoms with van der Waals surface area (Å²) in [5.74, 6) is -0.547. The lowest BCUT2D eigenvalue weighted by Gasteiger charge is -2.07. The fourth-order valence-electron chi connectivity index (χ4n) is 2.37. The minimum absolute atomic E-state index is 0.0327. The maximum atomic E-state index is 12.7. The first-order chi connectivity index (χ1) is 12.8. The molecule has 0 unspecified atom stereocenters. The van der Waals surface area contributed by atoms with Crippen molar-refractivity contribution in [3.8, 4) is 11.6 Å². The van der Waals surface area contributed by atoms with Gasteiger partial charge in [-0.2, -0.15) is 8.42 Å². The van der Waals surface area contributed by atoms with Gasteiger partial charge in [0.2, 0.25) is 5.88 Å². The van der Waals surface area contributed by atoms with E-state index < -0.39 is 16.0 Å². The number of nitrogens with zero attached hydrogens (tertiary/aromatic N) is 2. The minimum Gasteiger partial charge on any atom is -0.497 e. The molecule has 0 spiro atoms. The van der Waals surface area contributed by atoms with Crippen molar-refractivity contribution < 1.29 is 22.7 Å². The van der Waals surface area contributed by atoms with Gasteiger partial charge in [0, 0.05) is 6.07 Å². The number of hydrogen-bond donors (Lipinski definition) is 1. The fraction of sp³-hybridized carbons (Fsp3) is 0.111. The molecule has 3 rings (SSSR count). The van der Waals surface area contributed by atoms with Crippen molar-refractivity contribution in [1.29, 1.82) is 0 Å².